The standard InChI is InChI=1S/C31H33N3O5S2/c1-18-5-11-21(12-6-18)34-27(36)24-23(19-7-9-20(10-8-19)31(2,3)4)26-29(40-25(24)28(34)37)33(30(38)41-26)17-22(35)32-13-15-39-16-14-32/h5-12,23-25H,13-17H2,1-4H3. The van der Waals surface area contributed by atoms with Gasteiger partial charge in [-0.2, -0.15) is 0 Å². The van der Waals surface area contributed by atoms with E-state index >= 15 is 0 Å². The average Bonchev–Trinajstić information content (AvgIpc) is 3.40. The minimum Gasteiger partial charge on any atom is -0.378 e. The summed E-state index contributed by atoms with van der Waals surface area (Å²) in [5.41, 5.74) is 3.57. The smallest absolute Gasteiger partial charge is 0.308 e. The third-order valence-electron chi connectivity index (χ3n) is 8.13. The monoisotopic (exact) mass is 591 g/mol. The van der Waals surface area contributed by atoms with E-state index in [0.717, 1.165) is 32.9 Å². The van der Waals surface area contributed by atoms with Crippen molar-refractivity contribution >= 4 is 46.5 Å². The first-order valence-corrected chi connectivity index (χ1v) is 15.5. The second-order valence-corrected chi connectivity index (χ2v) is 14.0. The Kier molecular flexibility index (Phi) is 7.20. The zero-order valence-corrected chi connectivity index (χ0v) is 25.2. The van der Waals surface area contributed by atoms with Crippen LogP contribution in [-0.2, 0) is 31.1 Å². The Labute approximate surface area is 247 Å². The van der Waals surface area contributed by atoms with E-state index in [-0.39, 0.29) is 34.6 Å². The second kappa shape index (κ2) is 10.6. The molecule has 2 saturated heterocycles. The molecule has 0 spiro atoms. The van der Waals surface area contributed by atoms with Gasteiger partial charge in [-0.25, -0.2) is 4.90 Å². The summed E-state index contributed by atoms with van der Waals surface area (Å²) in [5.74, 6) is -1.85. The Morgan fingerprint density at radius 1 is 0.951 bits per heavy atom. The van der Waals surface area contributed by atoms with Gasteiger partial charge in [0.1, 0.15) is 11.8 Å². The van der Waals surface area contributed by atoms with Crippen LogP contribution in [0.3, 0.4) is 0 Å². The molecule has 0 aliphatic carbocycles. The number of carbonyl (C=O) groups excluding carboxylic acids is 3. The summed E-state index contributed by atoms with van der Waals surface area (Å²) < 4.78 is 6.88. The number of aromatic nitrogens is 1. The van der Waals surface area contributed by atoms with E-state index in [1.54, 1.807) is 17.0 Å². The molecular weight excluding hydrogens is 558 g/mol. The molecule has 2 fully saturated rings. The highest BCUT2D eigenvalue weighted by molar-refractivity contribution is 8.00. The maximum atomic E-state index is 14.1. The van der Waals surface area contributed by atoms with E-state index in [2.05, 4.69) is 32.9 Å². The molecule has 3 unspecified atom stereocenters. The number of morpholine rings is 1. The number of hydrogen-bond donors (Lipinski definition) is 0. The molecule has 3 aliphatic heterocycles. The van der Waals surface area contributed by atoms with Gasteiger partial charge < -0.3 is 9.64 Å². The van der Waals surface area contributed by atoms with Crippen molar-refractivity contribution in [2.75, 3.05) is 31.2 Å². The van der Waals surface area contributed by atoms with Crippen molar-refractivity contribution < 1.29 is 19.1 Å². The largest absolute Gasteiger partial charge is 0.378 e. The quantitative estimate of drug-likeness (QED) is 0.424. The number of aryl methyl sites for hydroxylation is 1. The number of thioether (sulfide) groups is 1. The molecular formula is C31H33N3O5S2. The normalized spacial score (nSPS) is 22.6. The van der Waals surface area contributed by atoms with Crippen LogP contribution in [0.5, 0.6) is 0 Å². The molecule has 4 heterocycles. The summed E-state index contributed by atoms with van der Waals surface area (Å²) in [6, 6.07) is 15.5. The highest BCUT2D eigenvalue weighted by Crippen LogP contribution is 2.54. The van der Waals surface area contributed by atoms with Crippen LogP contribution in [0.15, 0.2) is 58.4 Å². The number of carbonyl (C=O) groups is 3. The predicted octanol–water partition coefficient (Wildman–Crippen LogP) is 4.17. The van der Waals surface area contributed by atoms with Gasteiger partial charge in [0.05, 0.1) is 29.8 Å². The van der Waals surface area contributed by atoms with Gasteiger partial charge in [-0.05, 0) is 35.6 Å². The zero-order valence-electron chi connectivity index (χ0n) is 23.6. The lowest BCUT2D eigenvalue weighted by Gasteiger charge is -2.31. The van der Waals surface area contributed by atoms with Gasteiger partial charge in [0, 0.05) is 23.9 Å². The molecule has 10 heteroatoms. The van der Waals surface area contributed by atoms with E-state index in [9.17, 15) is 19.2 Å². The second-order valence-electron chi connectivity index (χ2n) is 11.9. The van der Waals surface area contributed by atoms with E-state index in [1.807, 2.05) is 31.2 Å². The molecule has 41 heavy (non-hydrogen) atoms. The topological polar surface area (TPSA) is 88.9 Å². The van der Waals surface area contributed by atoms with E-state index in [4.69, 9.17) is 4.74 Å². The lowest BCUT2D eigenvalue weighted by Crippen LogP contribution is -2.43. The summed E-state index contributed by atoms with van der Waals surface area (Å²) in [4.78, 5) is 58.0. The molecule has 0 radical (unpaired) electrons. The van der Waals surface area contributed by atoms with Gasteiger partial charge in [-0.1, -0.05) is 85.8 Å². The number of anilines is 1. The molecule has 3 aliphatic rings. The molecule has 3 amide bonds. The number of ether oxygens (including phenoxy) is 1. The van der Waals surface area contributed by atoms with Gasteiger partial charge in [0.2, 0.25) is 17.7 Å². The Balaban J connectivity index is 1.44. The number of hydrogen-bond acceptors (Lipinski definition) is 7. The van der Waals surface area contributed by atoms with E-state index in [1.165, 1.54) is 21.2 Å². The molecule has 8 nitrogen and oxygen atoms in total. The molecule has 3 aromatic rings. The van der Waals surface area contributed by atoms with Crippen molar-refractivity contribution in [1.82, 2.24) is 9.47 Å². The number of imide groups is 1. The molecule has 1 aromatic heterocycles. The average molecular weight is 592 g/mol. The van der Waals surface area contributed by atoms with E-state index < -0.39 is 17.1 Å². The van der Waals surface area contributed by atoms with Crippen LogP contribution in [0.1, 0.15) is 48.3 Å². The number of benzene rings is 2. The van der Waals surface area contributed by atoms with Crippen molar-refractivity contribution in [3.05, 3.63) is 79.8 Å². The van der Waals surface area contributed by atoms with Gasteiger partial charge in [-0.3, -0.25) is 23.7 Å². The number of amides is 3. The lowest BCUT2D eigenvalue weighted by atomic mass is 9.81. The van der Waals surface area contributed by atoms with Crippen molar-refractivity contribution in [2.45, 2.75) is 55.8 Å². The molecule has 3 atom stereocenters. The number of thiazole rings is 1. The van der Waals surface area contributed by atoms with Crippen molar-refractivity contribution in [3.63, 3.8) is 0 Å². The van der Waals surface area contributed by atoms with Crippen molar-refractivity contribution in [2.24, 2.45) is 5.92 Å². The fourth-order valence-corrected chi connectivity index (χ4v) is 8.57. The first-order chi connectivity index (χ1) is 19.5. The maximum absolute atomic E-state index is 14.1. The molecule has 0 saturated carbocycles. The fourth-order valence-electron chi connectivity index (χ4n) is 5.80. The first-order valence-electron chi connectivity index (χ1n) is 13.8. The third-order valence-corrected chi connectivity index (χ3v) is 10.7. The van der Waals surface area contributed by atoms with Gasteiger partial charge in [-0.15, -0.1) is 0 Å². The molecule has 6 rings (SSSR count). The Hall–Kier alpha value is -3.21. The Morgan fingerprint density at radius 2 is 1.61 bits per heavy atom. The van der Waals surface area contributed by atoms with E-state index in [0.29, 0.717) is 37.0 Å². The van der Waals surface area contributed by atoms with Crippen LogP contribution in [0.2, 0.25) is 0 Å². The molecule has 2 aromatic carbocycles. The van der Waals surface area contributed by atoms with Crippen molar-refractivity contribution in [3.8, 4) is 0 Å². The number of rotatable bonds is 4. The molecule has 0 N–H and O–H groups in total. The highest BCUT2D eigenvalue weighted by atomic mass is 32.2. The van der Waals surface area contributed by atoms with Crippen molar-refractivity contribution in [1.29, 1.82) is 0 Å². The van der Waals surface area contributed by atoms with Crippen LogP contribution in [-0.4, -0.2) is 58.7 Å². The van der Waals surface area contributed by atoms with Crippen LogP contribution < -0.4 is 9.77 Å². The highest BCUT2D eigenvalue weighted by Gasteiger charge is 2.56. The minimum atomic E-state index is -0.706. The molecule has 0 bridgehead atoms. The summed E-state index contributed by atoms with van der Waals surface area (Å²) in [6.45, 7) is 10.2. The summed E-state index contributed by atoms with van der Waals surface area (Å²) in [5, 5.41) is -0.0954. The predicted molar refractivity (Wildman–Crippen MR) is 160 cm³/mol. The van der Waals surface area contributed by atoms with Crippen LogP contribution in [0.25, 0.3) is 0 Å². The molecule has 214 valence electrons. The Bertz CT molecular complexity index is 1560. The summed E-state index contributed by atoms with van der Waals surface area (Å²) >= 11 is 2.33. The zero-order chi connectivity index (χ0) is 29.1. The third kappa shape index (κ3) is 4.96. The van der Waals surface area contributed by atoms with Crippen LogP contribution in [0, 0.1) is 12.8 Å². The fraction of sp³-hybridized carbons (Fsp3) is 0.419. The van der Waals surface area contributed by atoms with Crippen LogP contribution >= 0.6 is 23.1 Å². The van der Waals surface area contributed by atoms with Crippen LogP contribution in [0.4, 0.5) is 5.69 Å². The van der Waals surface area contributed by atoms with Gasteiger partial charge in [0.25, 0.3) is 0 Å². The summed E-state index contributed by atoms with van der Waals surface area (Å²) in [7, 11) is 0. The number of nitrogens with zero attached hydrogens (tertiary/aromatic N) is 3. The Morgan fingerprint density at radius 3 is 2.24 bits per heavy atom. The number of fused-ring (bicyclic) bond motifs is 2. The maximum Gasteiger partial charge on any atom is 0.308 e. The van der Waals surface area contributed by atoms with Gasteiger partial charge >= 0.3 is 4.87 Å². The lowest BCUT2D eigenvalue weighted by molar-refractivity contribution is -0.136. The SMILES string of the molecule is Cc1ccc(N2C(=O)C3Sc4c(sc(=O)n4CC(=O)N4CCOCC4)C(c4ccc(C(C)(C)C)cc4)C3C2=O)cc1. The minimum absolute atomic E-state index is 0.0516. The first kappa shape index (κ1) is 27.9. The van der Waals surface area contributed by atoms with Gasteiger partial charge in [0.15, 0.2) is 0 Å². The summed E-state index contributed by atoms with van der Waals surface area (Å²) in [6.07, 6.45) is 0.